The van der Waals surface area contributed by atoms with E-state index in [2.05, 4.69) is 83.0 Å². The van der Waals surface area contributed by atoms with Gasteiger partial charge in [-0.1, -0.05) is 48.0 Å². The average molecular weight is 630 g/mol. The van der Waals surface area contributed by atoms with Crippen molar-refractivity contribution < 1.29 is 17.9 Å². The van der Waals surface area contributed by atoms with Crippen molar-refractivity contribution in [1.82, 2.24) is 0 Å². The fourth-order valence-electron chi connectivity index (χ4n) is 3.83. The Balaban J connectivity index is 1.54. The summed E-state index contributed by atoms with van der Waals surface area (Å²) in [5, 5.41) is 0. The van der Waals surface area contributed by atoms with Gasteiger partial charge < -0.3 is 9.47 Å². The lowest BCUT2D eigenvalue weighted by molar-refractivity contribution is 0.414. The molecule has 7 heteroatoms. The molecule has 4 nitrogen and oxygen atoms in total. The zero-order valence-electron chi connectivity index (χ0n) is 20.4. The summed E-state index contributed by atoms with van der Waals surface area (Å²) in [6, 6.07) is 25.2. The zero-order valence-corrected chi connectivity index (χ0v) is 24.4. The SMILES string of the molecule is COc1ccc(S(=O)(=O)c2ccc(Oc3ccc(C(C)(C)c4ccc(C)c(Br)c4)cc3Br)cc2)cc1. The van der Waals surface area contributed by atoms with E-state index in [1.165, 1.54) is 30.4 Å². The minimum atomic E-state index is -3.64. The van der Waals surface area contributed by atoms with E-state index in [1.54, 1.807) is 36.4 Å². The van der Waals surface area contributed by atoms with E-state index in [0.29, 0.717) is 17.2 Å². The molecule has 0 radical (unpaired) electrons. The van der Waals surface area contributed by atoms with Gasteiger partial charge in [-0.3, -0.25) is 0 Å². The fourth-order valence-corrected chi connectivity index (χ4v) is 5.92. The van der Waals surface area contributed by atoms with Gasteiger partial charge in [0.1, 0.15) is 17.2 Å². The van der Waals surface area contributed by atoms with E-state index in [0.717, 1.165) is 14.5 Å². The van der Waals surface area contributed by atoms with Gasteiger partial charge in [0.25, 0.3) is 0 Å². The molecular formula is C29H26Br2O4S. The van der Waals surface area contributed by atoms with Crippen LogP contribution in [0.2, 0.25) is 0 Å². The lowest BCUT2D eigenvalue weighted by Gasteiger charge is -2.27. The lowest BCUT2D eigenvalue weighted by Crippen LogP contribution is -2.19. The topological polar surface area (TPSA) is 52.6 Å². The van der Waals surface area contributed by atoms with Gasteiger partial charge in [0.2, 0.25) is 9.84 Å². The normalized spacial score (nSPS) is 11.8. The highest BCUT2D eigenvalue weighted by Crippen LogP contribution is 2.38. The molecule has 4 aromatic carbocycles. The Kier molecular flexibility index (Phi) is 7.64. The van der Waals surface area contributed by atoms with E-state index in [1.807, 2.05) is 6.07 Å². The maximum absolute atomic E-state index is 13.0. The van der Waals surface area contributed by atoms with Gasteiger partial charge in [-0.2, -0.15) is 0 Å². The number of benzene rings is 4. The van der Waals surface area contributed by atoms with Gasteiger partial charge in [-0.25, -0.2) is 8.42 Å². The quantitative estimate of drug-likeness (QED) is 0.206. The number of aryl methyl sites for hydroxylation is 1. The Labute approximate surface area is 229 Å². The molecule has 0 unspecified atom stereocenters. The molecule has 36 heavy (non-hydrogen) atoms. The van der Waals surface area contributed by atoms with Gasteiger partial charge in [0, 0.05) is 9.89 Å². The maximum Gasteiger partial charge on any atom is 0.206 e. The van der Waals surface area contributed by atoms with Crippen LogP contribution in [0.15, 0.2) is 104 Å². The first kappa shape index (κ1) is 26.5. The average Bonchev–Trinajstić information content (AvgIpc) is 2.87. The van der Waals surface area contributed by atoms with Gasteiger partial charge in [0.15, 0.2) is 0 Å². The Morgan fingerprint density at radius 2 is 1.19 bits per heavy atom. The van der Waals surface area contributed by atoms with Crippen LogP contribution in [0.1, 0.15) is 30.5 Å². The number of methoxy groups -OCH3 is 1. The molecule has 0 aromatic heterocycles. The minimum absolute atomic E-state index is 0.195. The highest BCUT2D eigenvalue weighted by Gasteiger charge is 2.25. The summed E-state index contributed by atoms with van der Waals surface area (Å²) in [5.74, 6) is 1.79. The van der Waals surface area contributed by atoms with E-state index in [-0.39, 0.29) is 15.2 Å². The molecule has 0 saturated heterocycles. The van der Waals surface area contributed by atoms with Crippen molar-refractivity contribution >= 4 is 41.7 Å². The summed E-state index contributed by atoms with van der Waals surface area (Å²) < 4.78 is 39.0. The molecule has 4 rings (SSSR count). The Bertz CT molecular complexity index is 1490. The molecule has 0 heterocycles. The highest BCUT2D eigenvalue weighted by atomic mass is 79.9. The van der Waals surface area contributed by atoms with E-state index < -0.39 is 9.84 Å². The molecule has 0 spiro atoms. The third kappa shape index (κ3) is 5.38. The van der Waals surface area contributed by atoms with Gasteiger partial charge in [0.05, 0.1) is 21.4 Å². The number of sulfone groups is 1. The molecule has 0 bridgehead atoms. The van der Waals surface area contributed by atoms with Crippen LogP contribution in [0.4, 0.5) is 0 Å². The van der Waals surface area contributed by atoms with Crippen LogP contribution >= 0.6 is 31.9 Å². The number of hydrogen-bond acceptors (Lipinski definition) is 4. The predicted molar refractivity (Wildman–Crippen MR) is 150 cm³/mol. The second-order valence-corrected chi connectivity index (χ2v) is 12.6. The first-order chi connectivity index (χ1) is 17.0. The highest BCUT2D eigenvalue weighted by molar-refractivity contribution is 9.10. The molecular weight excluding hydrogens is 604 g/mol. The third-order valence-electron chi connectivity index (χ3n) is 6.28. The number of hydrogen-bond donors (Lipinski definition) is 0. The molecule has 0 aliphatic rings. The summed E-state index contributed by atoms with van der Waals surface area (Å²) in [6.45, 7) is 6.45. The van der Waals surface area contributed by atoms with Crippen LogP contribution in [-0.2, 0) is 15.3 Å². The van der Waals surface area contributed by atoms with Crippen molar-refractivity contribution in [1.29, 1.82) is 0 Å². The van der Waals surface area contributed by atoms with Crippen molar-refractivity contribution in [2.45, 2.75) is 36.0 Å². The summed E-state index contributed by atoms with van der Waals surface area (Å²) in [7, 11) is -2.10. The Morgan fingerprint density at radius 3 is 1.69 bits per heavy atom. The molecule has 0 fully saturated rings. The zero-order chi connectivity index (χ0) is 26.1. The van der Waals surface area contributed by atoms with Crippen LogP contribution in [0, 0.1) is 6.92 Å². The van der Waals surface area contributed by atoms with Crippen molar-refractivity contribution in [2.75, 3.05) is 7.11 Å². The summed E-state index contributed by atoms with van der Waals surface area (Å²) in [5.41, 5.74) is 3.32. The molecule has 186 valence electrons. The molecule has 4 aromatic rings. The van der Waals surface area contributed by atoms with Crippen molar-refractivity contribution in [3.05, 3.63) is 111 Å². The van der Waals surface area contributed by atoms with Crippen molar-refractivity contribution in [2.24, 2.45) is 0 Å². The minimum Gasteiger partial charge on any atom is -0.497 e. The molecule has 0 atom stereocenters. The van der Waals surface area contributed by atoms with E-state index in [4.69, 9.17) is 9.47 Å². The molecule has 0 amide bonds. The summed E-state index contributed by atoms with van der Waals surface area (Å²) >= 11 is 7.28. The predicted octanol–water partition coefficient (Wildman–Crippen LogP) is 8.48. The van der Waals surface area contributed by atoms with Gasteiger partial charge in [-0.15, -0.1) is 0 Å². The molecule has 0 aliphatic heterocycles. The Hall–Kier alpha value is -2.61. The van der Waals surface area contributed by atoms with Crippen LogP contribution in [0.5, 0.6) is 17.2 Å². The van der Waals surface area contributed by atoms with Crippen LogP contribution in [0.3, 0.4) is 0 Å². The molecule has 0 N–H and O–H groups in total. The van der Waals surface area contributed by atoms with Crippen LogP contribution in [0.25, 0.3) is 0 Å². The lowest BCUT2D eigenvalue weighted by atomic mass is 9.78. The fraction of sp³-hybridized carbons (Fsp3) is 0.172. The number of rotatable bonds is 7. The summed E-state index contributed by atoms with van der Waals surface area (Å²) in [6.07, 6.45) is 0. The molecule has 0 aliphatic carbocycles. The Morgan fingerprint density at radius 1 is 0.694 bits per heavy atom. The van der Waals surface area contributed by atoms with Crippen LogP contribution in [-0.4, -0.2) is 15.5 Å². The first-order valence-electron chi connectivity index (χ1n) is 11.3. The smallest absolute Gasteiger partial charge is 0.206 e. The number of ether oxygens (including phenoxy) is 2. The van der Waals surface area contributed by atoms with Gasteiger partial charge in [-0.05, 0) is 106 Å². The molecule has 0 saturated carbocycles. The van der Waals surface area contributed by atoms with E-state index in [9.17, 15) is 8.42 Å². The maximum atomic E-state index is 13.0. The summed E-state index contributed by atoms with van der Waals surface area (Å²) in [4.78, 5) is 0.402. The third-order valence-corrected chi connectivity index (χ3v) is 9.54. The second-order valence-electron chi connectivity index (χ2n) is 8.99. The standard InChI is InChI=1S/C29H26Br2O4S/c1-19-5-6-20(17-26(19)30)29(2,3)21-7-16-28(27(31)18-21)35-23-10-14-25(15-11-23)36(32,33)24-12-8-22(34-4)9-13-24/h5-18H,1-4H3. The number of halogens is 2. The largest absolute Gasteiger partial charge is 0.497 e. The second kappa shape index (κ2) is 10.4. The van der Waals surface area contributed by atoms with Crippen LogP contribution < -0.4 is 9.47 Å². The first-order valence-corrected chi connectivity index (χ1v) is 14.3. The van der Waals surface area contributed by atoms with Crippen molar-refractivity contribution in [3.8, 4) is 17.2 Å². The van der Waals surface area contributed by atoms with Crippen molar-refractivity contribution in [3.63, 3.8) is 0 Å². The monoisotopic (exact) mass is 628 g/mol. The van der Waals surface area contributed by atoms with Gasteiger partial charge >= 0.3 is 0 Å². The van der Waals surface area contributed by atoms with E-state index >= 15 is 0 Å².